The molecule has 1 aliphatic heterocycles. The van der Waals surface area contributed by atoms with Gasteiger partial charge in [0.05, 0.1) is 5.02 Å². The first-order chi connectivity index (χ1) is 12.8. The normalized spacial score (nSPS) is 15.6. The van der Waals surface area contributed by atoms with Crippen LogP contribution in [0.4, 0.5) is 5.69 Å². The highest BCUT2D eigenvalue weighted by Gasteiger charge is 2.24. The minimum atomic E-state index is -3.91. The Morgan fingerprint density at radius 2 is 1.74 bits per heavy atom. The van der Waals surface area contributed by atoms with Gasteiger partial charge in [-0.1, -0.05) is 36.2 Å². The molecule has 5 nitrogen and oxygen atoms in total. The van der Waals surface area contributed by atoms with E-state index < -0.39 is 10.0 Å². The van der Waals surface area contributed by atoms with E-state index in [0.717, 1.165) is 18.4 Å². The van der Waals surface area contributed by atoms with Gasteiger partial charge in [-0.2, -0.15) is 0 Å². The van der Waals surface area contributed by atoms with E-state index >= 15 is 0 Å². The molecule has 2 aromatic rings. The average Bonchev–Trinajstić information content (AvgIpc) is 2.64. The van der Waals surface area contributed by atoms with Crippen molar-refractivity contribution in [1.82, 2.24) is 4.90 Å². The van der Waals surface area contributed by atoms with E-state index in [-0.39, 0.29) is 15.8 Å². The van der Waals surface area contributed by atoms with Crippen LogP contribution in [0.1, 0.15) is 35.7 Å². The number of hydrogen-bond acceptors (Lipinski definition) is 3. The number of benzene rings is 2. The van der Waals surface area contributed by atoms with Gasteiger partial charge >= 0.3 is 0 Å². The number of amides is 1. The van der Waals surface area contributed by atoms with Gasteiger partial charge in [-0.3, -0.25) is 9.52 Å². The zero-order chi connectivity index (χ0) is 19.6. The number of nitrogens with one attached hydrogen (secondary N) is 1. The summed E-state index contributed by atoms with van der Waals surface area (Å²) in [7, 11) is -3.91. The molecule has 0 saturated carbocycles. The largest absolute Gasteiger partial charge is 0.339 e. The van der Waals surface area contributed by atoms with Crippen LogP contribution in [-0.4, -0.2) is 32.3 Å². The Morgan fingerprint density at radius 3 is 2.37 bits per heavy atom. The van der Waals surface area contributed by atoms with Crippen LogP contribution < -0.4 is 4.72 Å². The fourth-order valence-electron chi connectivity index (χ4n) is 3.07. The summed E-state index contributed by atoms with van der Waals surface area (Å²) < 4.78 is 28.1. The number of likely N-dealkylation sites (tertiary alicyclic amines) is 1. The van der Waals surface area contributed by atoms with Gasteiger partial charge in [0.15, 0.2) is 0 Å². The molecule has 0 bridgehead atoms. The summed E-state index contributed by atoms with van der Waals surface area (Å²) in [5.41, 5.74) is 1.80. The molecule has 144 valence electrons. The van der Waals surface area contributed by atoms with Gasteiger partial charge in [0.1, 0.15) is 4.90 Å². The van der Waals surface area contributed by atoms with E-state index in [2.05, 4.69) is 11.6 Å². The summed E-state index contributed by atoms with van der Waals surface area (Å²) in [5, 5.41) is 0.0819. The van der Waals surface area contributed by atoms with Crippen molar-refractivity contribution in [2.24, 2.45) is 5.92 Å². The molecule has 0 aliphatic carbocycles. The Bertz CT molecular complexity index is 934. The van der Waals surface area contributed by atoms with E-state index in [1.165, 1.54) is 12.1 Å². The van der Waals surface area contributed by atoms with Crippen molar-refractivity contribution in [3.63, 3.8) is 0 Å². The van der Waals surface area contributed by atoms with Gasteiger partial charge in [0.2, 0.25) is 0 Å². The van der Waals surface area contributed by atoms with E-state index in [0.29, 0.717) is 30.3 Å². The van der Waals surface area contributed by atoms with Crippen molar-refractivity contribution in [2.45, 2.75) is 31.6 Å². The van der Waals surface area contributed by atoms with Crippen LogP contribution in [0.5, 0.6) is 0 Å². The monoisotopic (exact) mass is 406 g/mol. The number of halogens is 1. The van der Waals surface area contributed by atoms with E-state index in [4.69, 9.17) is 11.6 Å². The number of piperidine rings is 1. The molecule has 0 unspecified atom stereocenters. The number of hydrogen-bond donors (Lipinski definition) is 1. The van der Waals surface area contributed by atoms with E-state index in [9.17, 15) is 13.2 Å². The SMILES string of the molecule is Cc1ccc(NS(=O)(=O)c2cc(C(=O)N3CCC(C)CC3)ccc2Cl)cc1. The number of anilines is 1. The first-order valence-electron chi connectivity index (χ1n) is 8.94. The van der Waals surface area contributed by atoms with Crippen molar-refractivity contribution in [3.05, 3.63) is 58.6 Å². The van der Waals surface area contributed by atoms with Gasteiger partial charge in [0, 0.05) is 24.3 Å². The summed E-state index contributed by atoms with van der Waals surface area (Å²) in [6, 6.07) is 11.4. The van der Waals surface area contributed by atoms with Gasteiger partial charge in [-0.05, 0) is 56.0 Å². The third kappa shape index (κ3) is 4.62. The lowest BCUT2D eigenvalue weighted by atomic mass is 9.98. The Balaban J connectivity index is 1.86. The first-order valence-corrected chi connectivity index (χ1v) is 10.8. The molecule has 3 rings (SSSR count). The maximum atomic E-state index is 12.8. The topological polar surface area (TPSA) is 66.5 Å². The van der Waals surface area contributed by atoms with Crippen LogP contribution in [0.25, 0.3) is 0 Å². The van der Waals surface area contributed by atoms with E-state index in [1.807, 2.05) is 19.1 Å². The van der Waals surface area contributed by atoms with Gasteiger partial charge in [-0.25, -0.2) is 8.42 Å². The molecule has 1 aliphatic rings. The van der Waals surface area contributed by atoms with Crippen LogP contribution in [0.2, 0.25) is 5.02 Å². The van der Waals surface area contributed by atoms with Crippen molar-refractivity contribution in [1.29, 1.82) is 0 Å². The quantitative estimate of drug-likeness (QED) is 0.822. The number of carbonyl (C=O) groups is 1. The predicted octanol–water partition coefficient (Wildman–Crippen LogP) is 4.32. The van der Waals surface area contributed by atoms with Crippen LogP contribution in [-0.2, 0) is 10.0 Å². The minimum absolute atomic E-state index is 0.0819. The molecule has 7 heteroatoms. The number of rotatable bonds is 4. The molecule has 1 amide bonds. The Hall–Kier alpha value is -2.05. The third-order valence-electron chi connectivity index (χ3n) is 4.84. The highest BCUT2D eigenvalue weighted by molar-refractivity contribution is 7.92. The van der Waals surface area contributed by atoms with Gasteiger partial charge in [-0.15, -0.1) is 0 Å². The molecular formula is C20H23ClN2O3S. The second-order valence-electron chi connectivity index (χ2n) is 7.09. The molecule has 0 aromatic heterocycles. The molecule has 0 spiro atoms. The van der Waals surface area contributed by atoms with Gasteiger partial charge < -0.3 is 4.90 Å². The highest BCUT2D eigenvalue weighted by Crippen LogP contribution is 2.26. The second-order valence-corrected chi connectivity index (χ2v) is 9.15. The Kier molecular flexibility index (Phi) is 5.77. The molecule has 0 atom stereocenters. The minimum Gasteiger partial charge on any atom is -0.339 e. The molecule has 1 N–H and O–H groups in total. The maximum Gasteiger partial charge on any atom is 0.263 e. The molecule has 1 fully saturated rings. The third-order valence-corrected chi connectivity index (χ3v) is 6.71. The number of carbonyl (C=O) groups excluding carboxylic acids is 1. The lowest BCUT2D eigenvalue weighted by molar-refractivity contribution is 0.0697. The smallest absolute Gasteiger partial charge is 0.263 e. The number of nitrogens with zero attached hydrogens (tertiary/aromatic N) is 1. The molecule has 1 heterocycles. The zero-order valence-corrected chi connectivity index (χ0v) is 17.0. The lowest BCUT2D eigenvalue weighted by Gasteiger charge is -2.30. The summed E-state index contributed by atoms with van der Waals surface area (Å²) in [4.78, 5) is 14.4. The second kappa shape index (κ2) is 7.90. The van der Waals surface area contributed by atoms with Crippen molar-refractivity contribution in [3.8, 4) is 0 Å². The fraction of sp³-hybridized carbons (Fsp3) is 0.350. The summed E-state index contributed by atoms with van der Waals surface area (Å²) >= 11 is 6.14. The first kappa shape index (κ1) is 19.7. The molecular weight excluding hydrogens is 384 g/mol. The summed E-state index contributed by atoms with van der Waals surface area (Å²) in [6.07, 6.45) is 1.92. The average molecular weight is 407 g/mol. The lowest BCUT2D eigenvalue weighted by Crippen LogP contribution is -2.38. The standard InChI is InChI=1S/C20H23ClN2O3S/c1-14-3-6-17(7-4-14)22-27(25,26)19-13-16(5-8-18(19)21)20(24)23-11-9-15(2)10-12-23/h3-8,13,15,22H,9-12H2,1-2H3. The van der Waals surface area contributed by atoms with Crippen LogP contribution in [0.15, 0.2) is 47.4 Å². The number of aryl methyl sites for hydroxylation is 1. The summed E-state index contributed by atoms with van der Waals surface area (Å²) in [5.74, 6) is 0.444. The Morgan fingerprint density at radius 1 is 1.11 bits per heavy atom. The van der Waals surface area contributed by atoms with Crippen molar-refractivity contribution in [2.75, 3.05) is 17.8 Å². The Labute approximate surface area is 165 Å². The van der Waals surface area contributed by atoms with Crippen molar-refractivity contribution < 1.29 is 13.2 Å². The van der Waals surface area contributed by atoms with Crippen LogP contribution in [0.3, 0.4) is 0 Å². The van der Waals surface area contributed by atoms with E-state index in [1.54, 1.807) is 23.1 Å². The molecule has 1 saturated heterocycles. The fourth-order valence-corrected chi connectivity index (χ4v) is 4.65. The zero-order valence-electron chi connectivity index (χ0n) is 15.4. The van der Waals surface area contributed by atoms with Crippen molar-refractivity contribution >= 4 is 33.2 Å². The van der Waals surface area contributed by atoms with Gasteiger partial charge in [0.25, 0.3) is 15.9 Å². The molecule has 2 aromatic carbocycles. The highest BCUT2D eigenvalue weighted by atomic mass is 35.5. The molecule has 27 heavy (non-hydrogen) atoms. The number of sulfonamides is 1. The predicted molar refractivity (Wildman–Crippen MR) is 108 cm³/mol. The van der Waals surface area contributed by atoms with Crippen LogP contribution >= 0.6 is 11.6 Å². The maximum absolute atomic E-state index is 12.8. The summed E-state index contributed by atoms with van der Waals surface area (Å²) in [6.45, 7) is 5.47. The van der Waals surface area contributed by atoms with Crippen LogP contribution in [0, 0.1) is 12.8 Å². The molecule has 0 radical (unpaired) electrons.